The zero-order chi connectivity index (χ0) is 21.5. The van der Waals surface area contributed by atoms with Gasteiger partial charge in [-0.1, -0.05) is 26.0 Å². The van der Waals surface area contributed by atoms with Gasteiger partial charge in [-0.15, -0.1) is 11.3 Å². The van der Waals surface area contributed by atoms with Crippen LogP contribution in [0.5, 0.6) is 11.5 Å². The maximum atomic E-state index is 13.2. The maximum Gasteiger partial charge on any atom is 0.242 e. The molecule has 1 aromatic heterocycles. The fourth-order valence-corrected chi connectivity index (χ4v) is 4.75. The van der Waals surface area contributed by atoms with Crippen LogP contribution in [0.2, 0.25) is 0 Å². The number of thiophene rings is 1. The van der Waals surface area contributed by atoms with Crippen molar-refractivity contribution in [2.24, 2.45) is 0 Å². The van der Waals surface area contributed by atoms with Crippen LogP contribution in [0.15, 0.2) is 35.7 Å². The van der Waals surface area contributed by atoms with E-state index in [0.717, 1.165) is 18.4 Å². The number of ether oxygens (including phenoxy) is 2. The molecule has 0 radical (unpaired) electrons. The summed E-state index contributed by atoms with van der Waals surface area (Å²) < 4.78 is 11.5. The van der Waals surface area contributed by atoms with Gasteiger partial charge in [0, 0.05) is 24.4 Å². The fourth-order valence-electron chi connectivity index (χ4n) is 3.82. The highest BCUT2D eigenvalue weighted by Gasteiger charge is 2.33. The average Bonchev–Trinajstić information content (AvgIpc) is 3.25. The molecule has 1 aromatic carbocycles. The molecule has 30 heavy (non-hydrogen) atoms. The molecule has 1 atom stereocenters. The quantitative estimate of drug-likeness (QED) is 0.605. The zero-order valence-electron chi connectivity index (χ0n) is 17.9. The van der Waals surface area contributed by atoms with E-state index < -0.39 is 0 Å². The molecule has 3 rings (SSSR count). The predicted molar refractivity (Wildman–Crippen MR) is 118 cm³/mol. The largest absolute Gasteiger partial charge is 0.493 e. The molecule has 0 unspecified atom stereocenters. The number of carbonyl (C=O) groups excluding carboxylic acids is 2. The Morgan fingerprint density at radius 2 is 1.97 bits per heavy atom. The topological polar surface area (TPSA) is 59.1 Å². The Labute approximate surface area is 182 Å². The van der Waals surface area contributed by atoms with Gasteiger partial charge in [-0.25, -0.2) is 0 Å². The summed E-state index contributed by atoms with van der Waals surface area (Å²) in [6, 6.07) is 9.41. The highest BCUT2D eigenvalue weighted by atomic mass is 32.1. The third kappa shape index (κ3) is 4.95. The highest BCUT2D eigenvalue weighted by Crippen LogP contribution is 2.35. The van der Waals surface area contributed by atoms with Crippen molar-refractivity contribution < 1.29 is 19.1 Å². The number of benzene rings is 1. The SMILES string of the molecule is CCCN(CC(=O)N1CCc2sccc2[C@H]1COc1ccccc1OC)C(=O)CC. The molecule has 0 N–H and O–H groups in total. The number of carbonyl (C=O) groups is 2. The minimum absolute atomic E-state index is 0.0141. The van der Waals surface area contributed by atoms with Gasteiger partial charge < -0.3 is 19.3 Å². The number of rotatable bonds is 9. The van der Waals surface area contributed by atoms with Crippen LogP contribution < -0.4 is 9.47 Å². The molecule has 1 aliphatic heterocycles. The van der Waals surface area contributed by atoms with Crippen LogP contribution in [-0.2, 0) is 16.0 Å². The molecule has 2 aromatic rings. The van der Waals surface area contributed by atoms with E-state index in [1.807, 2.05) is 43.0 Å². The van der Waals surface area contributed by atoms with Gasteiger partial charge in [0.25, 0.3) is 0 Å². The summed E-state index contributed by atoms with van der Waals surface area (Å²) in [5.74, 6) is 1.30. The first kappa shape index (κ1) is 22.2. The Kier molecular flexibility index (Phi) is 7.74. The van der Waals surface area contributed by atoms with Crippen molar-refractivity contribution in [2.45, 2.75) is 39.2 Å². The molecule has 6 nitrogen and oxygen atoms in total. The van der Waals surface area contributed by atoms with E-state index in [-0.39, 0.29) is 24.4 Å². The number of hydrogen-bond acceptors (Lipinski definition) is 5. The van der Waals surface area contributed by atoms with E-state index in [4.69, 9.17) is 9.47 Å². The van der Waals surface area contributed by atoms with E-state index in [1.54, 1.807) is 23.3 Å². The van der Waals surface area contributed by atoms with E-state index >= 15 is 0 Å². The van der Waals surface area contributed by atoms with E-state index in [2.05, 4.69) is 11.4 Å². The Bertz CT molecular complexity index is 866. The molecule has 0 saturated carbocycles. The highest BCUT2D eigenvalue weighted by molar-refractivity contribution is 7.10. The van der Waals surface area contributed by atoms with Crippen molar-refractivity contribution in [3.8, 4) is 11.5 Å². The summed E-state index contributed by atoms with van der Waals surface area (Å²) in [5, 5.41) is 2.07. The third-order valence-corrected chi connectivity index (χ3v) is 6.35. The lowest BCUT2D eigenvalue weighted by molar-refractivity contribution is -0.142. The van der Waals surface area contributed by atoms with Crippen LogP contribution in [0.1, 0.15) is 43.2 Å². The van der Waals surface area contributed by atoms with Crippen molar-refractivity contribution in [3.05, 3.63) is 46.2 Å². The molecule has 1 aliphatic rings. The van der Waals surface area contributed by atoms with Gasteiger partial charge in [0.1, 0.15) is 6.61 Å². The van der Waals surface area contributed by atoms with Crippen LogP contribution in [0, 0.1) is 0 Å². The second kappa shape index (κ2) is 10.5. The summed E-state index contributed by atoms with van der Waals surface area (Å²) in [5.41, 5.74) is 1.14. The van der Waals surface area contributed by atoms with Gasteiger partial charge in [0.2, 0.25) is 11.8 Å². The summed E-state index contributed by atoms with van der Waals surface area (Å²) in [6.07, 6.45) is 2.07. The number of amides is 2. The lowest BCUT2D eigenvalue weighted by Gasteiger charge is -2.37. The first-order chi connectivity index (χ1) is 14.6. The predicted octanol–water partition coefficient (Wildman–Crippen LogP) is 3.91. The van der Waals surface area contributed by atoms with Crippen molar-refractivity contribution >= 4 is 23.2 Å². The Morgan fingerprint density at radius 1 is 1.20 bits per heavy atom. The van der Waals surface area contributed by atoms with Crippen LogP contribution in [0.3, 0.4) is 0 Å². The second-order valence-electron chi connectivity index (χ2n) is 7.28. The van der Waals surface area contributed by atoms with Gasteiger partial charge in [-0.3, -0.25) is 9.59 Å². The second-order valence-corrected chi connectivity index (χ2v) is 8.28. The van der Waals surface area contributed by atoms with Crippen LogP contribution in [-0.4, -0.2) is 55.0 Å². The van der Waals surface area contributed by atoms with Gasteiger partial charge >= 0.3 is 0 Å². The third-order valence-electron chi connectivity index (χ3n) is 5.36. The molecule has 0 fully saturated rings. The number of nitrogens with zero attached hydrogens (tertiary/aromatic N) is 2. The van der Waals surface area contributed by atoms with Crippen LogP contribution in [0.4, 0.5) is 0 Å². The fraction of sp³-hybridized carbons (Fsp3) is 0.478. The van der Waals surface area contributed by atoms with Gasteiger partial charge in [0.05, 0.1) is 19.7 Å². The van der Waals surface area contributed by atoms with E-state index in [1.165, 1.54) is 4.88 Å². The van der Waals surface area contributed by atoms with E-state index in [9.17, 15) is 9.59 Å². The van der Waals surface area contributed by atoms with Crippen molar-refractivity contribution in [3.63, 3.8) is 0 Å². The summed E-state index contributed by atoms with van der Waals surface area (Å²) >= 11 is 1.72. The lowest BCUT2D eigenvalue weighted by atomic mass is 10.0. The molecular formula is C23H30N2O4S. The van der Waals surface area contributed by atoms with E-state index in [0.29, 0.717) is 37.6 Å². The maximum absolute atomic E-state index is 13.2. The lowest BCUT2D eigenvalue weighted by Crippen LogP contribution is -2.47. The number of hydrogen-bond donors (Lipinski definition) is 0. The first-order valence-electron chi connectivity index (χ1n) is 10.5. The van der Waals surface area contributed by atoms with Gasteiger partial charge in [-0.05, 0) is 42.0 Å². The summed E-state index contributed by atoms with van der Waals surface area (Å²) in [6.45, 7) is 5.53. The Morgan fingerprint density at radius 3 is 2.67 bits per heavy atom. The monoisotopic (exact) mass is 430 g/mol. The van der Waals surface area contributed by atoms with Crippen LogP contribution in [0.25, 0.3) is 0 Å². The molecule has 0 aliphatic carbocycles. The standard InChI is InChI=1S/C23H30N2O4S/c1-4-12-24(22(26)5-2)15-23(27)25-13-10-21-17(11-14-30-21)18(25)16-29-20-9-7-6-8-19(20)28-3/h6-9,11,14,18H,4-5,10,12-13,15-16H2,1-3H3/t18-/m1/s1. The normalized spacial score (nSPS) is 15.4. The number of methoxy groups -OCH3 is 1. The summed E-state index contributed by atoms with van der Waals surface area (Å²) in [7, 11) is 1.61. The van der Waals surface area contributed by atoms with Crippen LogP contribution >= 0.6 is 11.3 Å². The summed E-state index contributed by atoms with van der Waals surface area (Å²) in [4.78, 5) is 30.3. The van der Waals surface area contributed by atoms with Crippen molar-refractivity contribution in [2.75, 3.05) is 33.4 Å². The first-order valence-corrected chi connectivity index (χ1v) is 11.4. The molecule has 2 heterocycles. The Hall–Kier alpha value is -2.54. The zero-order valence-corrected chi connectivity index (χ0v) is 18.7. The van der Waals surface area contributed by atoms with Gasteiger partial charge in [-0.2, -0.15) is 0 Å². The smallest absolute Gasteiger partial charge is 0.242 e. The average molecular weight is 431 g/mol. The molecule has 2 amide bonds. The molecule has 0 bridgehead atoms. The van der Waals surface area contributed by atoms with Gasteiger partial charge in [0.15, 0.2) is 11.5 Å². The molecular weight excluding hydrogens is 400 g/mol. The molecule has 162 valence electrons. The Balaban J connectivity index is 1.78. The minimum Gasteiger partial charge on any atom is -0.493 e. The molecule has 0 saturated heterocycles. The number of fused-ring (bicyclic) bond motifs is 1. The molecule has 0 spiro atoms. The minimum atomic E-state index is -0.183. The molecule has 7 heteroatoms. The van der Waals surface area contributed by atoms with Crippen molar-refractivity contribution in [1.29, 1.82) is 0 Å². The van der Waals surface area contributed by atoms with Crippen molar-refractivity contribution in [1.82, 2.24) is 9.80 Å². The number of para-hydroxylation sites is 2.